The number of rotatable bonds is 5. The van der Waals surface area contributed by atoms with E-state index < -0.39 is 0 Å². The largest absolute Gasteiger partial charge is 0.368 e. The third-order valence-electron chi connectivity index (χ3n) is 5.98. The number of hydrogen-bond acceptors (Lipinski definition) is 3. The van der Waals surface area contributed by atoms with Crippen molar-refractivity contribution in [3.8, 4) is 0 Å². The van der Waals surface area contributed by atoms with Crippen LogP contribution in [0.5, 0.6) is 0 Å². The molecule has 0 spiro atoms. The Kier molecular flexibility index (Phi) is 6.55. The normalized spacial score (nSPS) is 13.7. The van der Waals surface area contributed by atoms with Gasteiger partial charge < -0.3 is 15.1 Å². The highest BCUT2D eigenvalue weighted by Crippen LogP contribution is 2.21. The van der Waals surface area contributed by atoms with Crippen LogP contribution in [0.25, 0.3) is 0 Å². The first kappa shape index (κ1) is 21.6. The Morgan fingerprint density at radius 2 is 1.38 bits per heavy atom. The molecular formula is C27H29N3O2. The molecule has 1 fully saturated rings. The molecule has 1 saturated heterocycles. The van der Waals surface area contributed by atoms with E-state index in [9.17, 15) is 9.59 Å². The van der Waals surface area contributed by atoms with E-state index in [1.807, 2.05) is 84.6 Å². The highest BCUT2D eigenvalue weighted by atomic mass is 16.2. The fourth-order valence-corrected chi connectivity index (χ4v) is 3.90. The van der Waals surface area contributed by atoms with Crippen LogP contribution in [0, 0.1) is 6.92 Å². The molecule has 0 aromatic heterocycles. The van der Waals surface area contributed by atoms with Crippen LogP contribution in [0.2, 0.25) is 0 Å². The average molecular weight is 428 g/mol. The summed E-state index contributed by atoms with van der Waals surface area (Å²) in [7, 11) is 0. The summed E-state index contributed by atoms with van der Waals surface area (Å²) < 4.78 is 0. The van der Waals surface area contributed by atoms with Gasteiger partial charge in [0.15, 0.2) is 0 Å². The maximum Gasteiger partial charge on any atom is 0.255 e. The van der Waals surface area contributed by atoms with Crippen molar-refractivity contribution in [1.82, 2.24) is 4.90 Å². The molecule has 3 aromatic carbocycles. The van der Waals surface area contributed by atoms with E-state index in [0.717, 1.165) is 42.0 Å². The molecule has 2 amide bonds. The maximum absolute atomic E-state index is 12.7. The predicted octanol–water partition coefficient (Wildman–Crippen LogP) is 4.77. The Hall–Kier alpha value is -3.60. The molecule has 3 aromatic rings. The van der Waals surface area contributed by atoms with Crippen molar-refractivity contribution < 1.29 is 9.59 Å². The van der Waals surface area contributed by atoms with Gasteiger partial charge in [0, 0.05) is 48.7 Å². The third-order valence-corrected chi connectivity index (χ3v) is 5.98. The van der Waals surface area contributed by atoms with Gasteiger partial charge in [-0.2, -0.15) is 0 Å². The fraction of sp³-hybridized carbons (Fsp3) is 0.259. The number of hydrogen-bond donors (Lipinski definition) is 1. The van der Waals surface area contributed by atoms with Crippen molar-refractivity contribution in [3.63, 3.8) is 0 Å². The number of benzene rings is 3. The first-order valence-corrected chi connectivity index (χ1v) is 11.1. The van der Waals surface area contributed by atoms with Crippen LogP contribution in [0.3, 0.4) is 0 Å². The molecule has 0 bridgehead atoms. The average Bonchev–Trinajstić information content (AvgIpc) is 2.85. The van der Waals surface area contributed by atoms with Crippen molar-refractivity contribution in [2.24, 2.45) is 0 Å². The molecule has 0 unspecified atom stereocenters. The van der Waals surface area contributed by atoms with Gasteiger partial charge in [0.2, 0.25) is 0 Å². The zero-order valence-electron chi connectivity index (χ0n) is 18.7. The topological polar surface area (TPSA) is 52.7 Å². The Morgan fingerprint density at radius 3 is 1.97 bits per heavy atom. The lowest BCUT2D eigenvalue weighted by Gasteiger charge is -2.36. The number of carbonyl (C=O) groups excluding carboxylic acids is 2. The lowest BCUT2D eigenvalue weighted by atomic mass is 10.1. The monoisotopic (exact) mass is 427 g/mol. The molecule has 1 aliphatic heterocycles. The SMILES string of the molecule is CCc1ccc(C(=O)Nc2ccc(N3CCN(C(=O)c4ccc(C)cc4)CC3)cc2)cc1. The molecule has 0 aliphatic carbocycles. The van der Waals surface area contributed by atoms with Crippen LogP contribution in [-0.2, 0) is 6.42 Å². The molecule has 0 radical (unpaired) electrons. The maximum atomic E-state index is 12.7. The van der Waals surface area contributed by atoms with E-state index >= 15 is 0 Å². The van der Waals surface area contributed by atoms with Crippen LogP contribution < -0.4 is 10.2 Å². The van der Waals surface area contributed by atoms with E-state index in [4.69, 9.17) is 0 Å². The highest BCUT2D eigenvalue weighted by Gasteiger charge is 2.22. The van der Waals surface area contributed by atoms with Gasteiger partial charge in [0.05, 0.1) is 0 Å². The summed E-state index contributed by atoms with van der Waals surface area (Å²) in [4.78, 5) is 29.4. The molecule has 0 atom stereocenters. The second-order valence-electron chi connectivity index (χ2n) is 8.20. The summed E-state index contributed by atoms with van der Waals surface area (Å²) in [5.74, 6) is -0.0154. The first-order valence-electron chi connectivity index (χ1n) is 11.1. The van der Waals surface area contributed by atoms with Crippen molar-refractivity contribution in [3.05, 3.63) is 95.1 Å². The van der Waals surface area contributed by atoms with Crippen LogP contribution >= 0.6 is 0 Å². The Labute approximate surface area is 189 Å². The summed E-state index contributed by atoms with van der Waals surface area (Å²) in [5, 5.41) is 2.96. The van der Waals surface area contributed by atoms with Gasteiger partial charge in [-0.1, -0.05) is 36.8 Å². The quantitative estimate of drug-likeness (QED) is 0.638. The van der Waals surface area contributed by atoms with Gasteiger partial charge in [0.25, 0.3) is 11.8 Å². The van der Waals surface area contributed by atoms with Crippen molar-refractivity contribution in [2.45, 2.75) is 20.3 Å². The number of piperazine rings is 1. The zero-order chi connectivity index (χ0) is 22.5. The van der Waals surface area contributed by atoms with Gasteiger partial charge in [0.1, 0.15) is 0 Å². The molecule has 1 aliphatic rings. The minimum atomic E-state index is -0.108. The molecule has 164 valence electrons. The molecule has 5 heteroatoms. The smallest absolute Gasteiger partial charge is 0.255 e. The van der Waals surface area contributed by atoms with Crippen LogP contribution in [0.15, 0.2) is 72.8 Å². The predicted molar refractivity (Wildman–Crippen MR) is 130 cm³/mol. The van der Waals surface area contributed by atoms with Gasteiger partial charge in [-0.05, 0) is 67.4 Å². The van der Waals surface area contributed by atoms with E-state index in [-0.39, 0.29) is 11.8 Å². The minimum Gasteiger partial charge on any atom is -0.368 e. The number of amides is 2. The number of aryl methyl sites for hydroxylation is 2. The van der Waals surface area contributed by atoms with Gasteiger partial charge in [-0.3, -0.25) is 9.59 Å². The van der Waals surface area contributed by atoms with E-state index in [1.165, 1.54) is 5.56 Å². The van der Waals surface area contributed by atoms with Crippen LogP contribution in [-0.4, -0.2) is 42.9 Å². The lowest BCUT2D eigenvalue weighted by Crippen LogP contribution is -2.48. The lowest BCUT2D eigenvalue weighted by molar-refractivity contribution is 0.0746. The van der Waals surface area contributed by atoms with Crippen molar-refractivity contribution in [2.75, 3.05) is 36.4 Å². The summed E-state index contributed by atoms with van der Waals surface area (Å²) in [6.45, 7) is 7.07. The fourth-order valence-electron chi connectivity index (χ4n) is 3.90. The Balaban J connectivity index is 1.32. The molecule has 4 rings (SSSR count). The molecule has 5 nitrogen and oxygen atoms in total. The zero-order valence-corrected chi connectivity index (χ0v) is 18.7. The van der Waals surface area contributed by atoms with Crippen molar-refractivity contribution in [1.29, 1.82) is 0 Å². The number of anilines is 2. The van der Waals surface area contributed by atoms with Crippen molar-refractivity contribution >= 4 is 23.2 Å². The molecule has 0 saturated carbocycles. The van der Waals surface area contributed by atoms with Crippen LogP contribution in [0.1, 0.15) is 38.8 Å². The number of nitrogens with one attached hydrogen (secondary N) is 1. The van der Waals surface area contributed by atoms with Gasteiger partial charge in [-0.15, -0.1) is 0 Å². The molecule has 1 heterocycles. The van der Waals surface area contributed by atoms with E-state index in [1.54, 1.807) is 0 Å². The summed E-state index contributed by atoms with van der Waals surface area (Å²) in [5.41, 5.74) is 5.63. The second kappa shape index (κ2) is 9.69. The number of carbonyl (C=O) groups is 2. The summed E-state index contributed by atoms with van der Waals surface area (Å²) >= 11 is 0. The van der Waals surface area contributed by atoms with Gasteiger partial charge in [-0.25, -0.2) is 0 Å². The minimum absolute atomic E-state index is 0.0923. The summed E-state index contributed by atoms with van der Waals surface area (Å²) in [6.07, 6.45) is 0.956. The standard InChI is InChI=1S/C27H29N3O2/c1-3-21-6-10-22(11-7-21)26(31)28-24-12-14-25(15-13-24)29-16-18-30(19-17-29)27(32)23-8-4-20(2)5-9-23/h4-15H,3,16-19H2,1-2H3,(H,28,31). The Morgan fingerprint density at radius 1 is 0.781 bits per heavy atom. The third kappa shape index (κ3) is 4.99. The van der Waals surface area contributed by atoms with Crippen LogP contribution in [0.4, 0.5) is 11.4 Å². The first-order chi connectivity index (χ1) is 15.5. The highest BCUT2D eigenvalue weighted by molar-refractivity contribution is 6.04. The molecule has 32 heavy (non-hydrogen) atoms. The number of nitrogens with zero attached hydrogens (tertiary/aromatic N) is 2. The van der Waals surface area contributed by atoms with Gasteiger partial charge >= 0.3 is 0 Å². The second-order valence-corrected chi connectivity index (χ2v) is 8.20. The molecular weight excluding hydrogens is 398 g/mol. The summed E-state index contributed by atoms with van der Waals surface area (Å²) in [6, 6.07) is 23.3. The Bertz CT molecular complexity index is 1070. The van der Waals surface area contributed by atoms with E-state index in [2.05, 4.69) is 17.1 Å². The molecule has 1 N–H and O–H groups in total. The van der Waals surface area contributed by atoms with E-state index in [0.29, 0.717) is 18.7 Å².